The highest BCUT2D eigenvalue weighted by Crippen LogP contribution is 2.25. The zero-order chi connectivity index (χ0) is 23.6. The van der Waals surface area contributed by atoms with Crippen molar-refractivity contribution in [2.75, 3.05) is 25.1 Å². The van der Waals surface area contributed by atoms with Crippen molar-refractivity contribution in [1.82, 2.24) is 10.7 Å². The molecule has 0 spiro atoms. The first-order valence-corrected chi connectivity index (χ1v) is 10.9. The zero-order valence-corrected chi connectivity index (χ0v) is 19.0. The molecular formula is C22H22Cl2N4O5. The third-order valence-electron chi connectivity index (χ3n) is 4.56. The Balaban J connectivity index is 1.44. The Morgan fingerprint density at radius 1 is 1.12 bits per heavy atom. The number of hydrogen-bond acceptors (Lipinski definition) is 6. The maximum absolute atomic E-state index is 12.1. The number of carbonyl (C=O) groups is 3. The average molecular weight is 493 g/mol. The van der Waals surface area contributed by atoms with Crippen molar-refractivity contribution >= 4 is 52.8 Å². The van der Waals surface area contributed by atoms with Crippen molar-refractivity contribution in [3.63, 3.8) is 0 Å². The molecule has 1 fully saturated rings. The van der Waals surface area contributed by atoms with E-state index in [-0.39, 0.29) is 24.3 Å². The largest absolute Gasteiger partial charge is 0.482 e. The highest BCUT2D eigenvalue weighted by Gasteiger charge is 2.19. The first kappa shape index (κ1) is 24.5. The van der Waals surface area contributed by atoms with E-state index in [9.17, 15) is 14.4 Å². The number of hydrogen-bond donors (Lipinski definition) is 3. The van der Waals surface area contributed by atoms with Gasteiger partial charge < -0.3 is 20.1 Å². The fourth-order valence-corrected chi connectivity index (χ4v) is 3.34. The number of rotatable bonds is 8. The molecule has 0 aromatic heterocycles. The normalized spacial score (nSPS) is 15.3. The monoisotopic (exact) mass is 492 g/mol. The molecule has 1 saturated heterocycles. The van der Waals surface area contributed by atoms with Crippen LogP contribution in [0.3, 0.4) is 0 Å². The molecule has 3 N–H and O–H groups in total. The quantitative estimate of drug-likeness (QED) is 0.297. The number of nitrogens with one attached hydrogen (secondary N) is 3. The van der Waals surface area contributed by atoms with E-state index in [1.165, 1.54) is 12.3 Å². The van der Waals surface area contributed by atoms with Crippen LogP contribution in [-0.4, -0.2) is 49.8 Å². The van der Waals surface area contributed by atoms with Gasteiger partial charge in [-0.2, -0.15) is 5.10 Å². The Morgan fingerprint density at radius 2 is 1.94 bits per heavy atom. The lowest BCUT2D eigenvalue weighted by Gasteiger charge is -2.10. The Labute approximate surface area is 200 Å². The summed E-state index contributed by atoms with van der Waals surface area (Å²) in [7, 11) is 0. The van der Waals surface area contributed by atoms with Crippen LogP contribution in [0.25, 0.3) is 0 Å². The first-order valence-electron chi connectivity index (χ1n) is 10.1. The first-order chi connectivity index (χ1) is 15.9. The molecule has 3 rings (SSSR count). The molecule has 0 radical (unpaired) electrons. The minimum atomic E-state index is -0.889. The van der Waals surface area contributed by atoms with Crippen LogP contribution in [0.15, 0.2) is 47.6 Å². The molecule has 0 aliphatic carbocycles. The van der Waals surface area contributed by atoms with E-state index in [2.05, 4.69) is 21.2 Å². The second kappa shape index (κ2) is 12.2. The predicted octanol–water partition coefficient (Wildman–Crippen LogP) is 2.76. The van der Waals surface area contributed by atoms with E-state index in [1.807, 2.05) is 0 Å². The van der Waals surface area contributed by atoms with E-state index >= 15 is 0 Å². The molecular weight excluding hydrogens is 471 g/mol. The van der Waals surface area contributed by atoms with Gasteiger partial charge in [0, 0.05) is 13.2 Å². The summed E-state index contributed by atoms with van der Waals surface area (Å²) in [5, 5.41) is 9.55. The molecule has 1 atom stereocenters. The molecule has 0 saturated carbocycles. The second-order valence-corrected chi connectivity index (χ2v) is 7.87. The lowest BCUT2D eigenvalue weighted by atomic mass is 10.2. The van der Waals surface area contributed by atoms with Crippen LogP contribution in [0.4, 0.5) is 5.69 Å². The SMILES string of the molecule is O=C(COc1ccc(/C=N\NC(=O)C(=O)NC[C@H]2CCCO2)cc1Cl)Nc1ccccc1Cl. The molecule has 1 aliphatic rings. The van der Waals surface area contributed by atoms with E-state index in [1.54, 1.807) is 36.4 Å². The van der Waals surface area contributed by atoms with Gasteiger partial charge in [0.15, 0.2) is 6.61 Å². The van der Waals surface area contributed by atoms with E-state index in [4.69, 9.17) is 32.7 Å². The van der Waals surface area contributed by atoms with Crippen LogP contribution in [-0.2, 0) is 19.1 Å². The molecule has 2 aromatic rings. The topological polar surface area (TPSA) is 118 Å². The van der Waals surface area contributed by atoms with Crippen molar-refractivity contribution in [2.24, 2.45) is 5.10 Å². The molecule has 33 heavy (non-hydrogen) atoms. The number of anilines is 1. The molecule has 1 heterocycles. The number of nitrogens with zero attached hydrogens (tertiary/aromatic N) is 1. The lowest BCUT2D eigenvalue weighted by Crippen LogP contribution is -2.41. The molecule has 0 unspecified atom stereocenters. The second-order valence-electron chi connectivity index (χ2n) is 7.05. The van der Waals surface area contributed by atoms with Gasteiger partial charge in [0.1, 0.15) is 5.75 Å². The summed E-state index contributed by atoms with van der Waals surface area (Å²) in [5.41, 5.74) is 3.18. The van der Waals surface area contributed by atoms with E-state index in [0.717, 1.165) is 12.8 Å². The van der Waals surface area contributed by atoms with Gasteiger partial charge in [-0.1, -0.05) is 35.3 Å². The van der Waals surface area contributed by atoms with Crippen LogP contribution >= 0.6 is 23.2 Å². The van der Waals surface area contributed by atoms with E-state index < -0.39 is 17.7 Å². The van der Waals surface area contributed by atoms with Crippen molar-refractivity contribution in [1.29, 1.82) is 0 Å². The highest BCUT2D eigenvalue weighted by atomic mass is 35.5. The van der Waals surface area contributed by atoms with E-state index in [0.29, 0.717) is 28.6 Å². The van der Waals surface area contributed by atoms with Gasteiger partial charge in [0.25, 0.3) is 5.91 Å². The zero-order valence-electron chi connectivity index (χ0n) is 17.5. The Morgan fingerprint density at radius 3 is 2.67 bits per heavy atom. The third kappa shape index (κ3) is 7.74. The fraction of sp³-hybridized carbons (Fsp3) is 0.273. The molecule has 9 nitrogen and oxygen atoms in total. The summed E-state index contributed by atoms with van der Waals surface area (Å²) in [6.45, 7) is 0.679. The predicted molar refractivity (Wildman–Crippen MR) is 125 cm³/mol. The summed E-state index contributed by atoms with van der Waals surface area (Å²) in [4.78, 5) is 35.6. The summed E-state index contributed by atoms with van der Waals surface area (Å²) in [6.07, 6.45) is 3.06. The lowest BCUT2D eigenvalue weighted by molar-refractivity contribution is -0.139. The van der Waals surface area contributed by atoms with Crippen LogP contribution in [0, 0.1) is 0 Å². The summed E-state index contributed by atoms with van der Waals surface area (Å²) in [6, 6.07) is 11.6. The standard InChI is InChI=1S/C22H22Cl2N4O5/c23-16-5-1-2-6-18(16)27-20(29)13-33-19-8-7-14(10-17(19)24)11-26-28-22(31)21(30)25-12-15-4-3-9-32-15/h1-2,5-8,10-11,15H,3-4,9,12-13H2,(H,25,30)(H,27,29)(H,28,31)/b26-11-/t15-/m1/s1. The summed E-state index contributed by atoms with van der Waals surface area (Å²) < 4.78 is 10.8. The van der Waals surface area contributed by atoms with Crippen LogP contribution < -0.4 is 20.8 Å². The van der Waals surface area contributed by atoms with Crippen LogP contribution in [0.1, 0.15) is 18.4 Å². The van der Waals surface area contributed by atoms with Crippen LogP contribution in [0.2, 0.25) is 10.0 Å². The van der Waals surface area contributed by atoms with Crippen molar-refractivity contribution in [3.8, 4) is 5.75 Å². The number of para-hydroxylation sites is 1. The van der Waals surface area contributed by atoms with Gasteiger partial charge in [0.2, 0.25) is 0 Å². The number of ether oxygens (including phenoxy) is 2. The number of hydrazone groups is 1. The number of halogens is 2. The van der Waals surface area contributed by atoms with Gasteiger partial charge in [-0.15, -0.1) is 0 Å². The molecule has 3 amide bonds. The molecule has 1 aliphatic heterocycles. The number of benzene rings is 2. The molecule has 174 valence electrons. The summed E-state index contributed by atoms with van der Waals surface area (Å²) in [5.74, 6) is -1.79. The van der Waals surface area contributed by atoms with Gasteiger partial charge in [-0.3, -0.25) is 14.4 Å². The van der Waals surface area contributed by atoms with Crippen molar-refractivity contribution in [3.05, 3.63) is 58.1 Å². The third-order valence-corrected chi connectivity index (χ3v) is 5.19. The molecule has 2 aromatic carbocycles. The molecule has 0 bridgehead atoms. The Kier molecular flexibility index (Phi) is 9.05. The van der Waals surface area contributed by atoms with Gasteiger partial charge >= 0.3 is 11.8 Å². The maximum Gasteiger partial charge on any atom is 0.329 e. The Bertz CT molecular complexity index is 1040. The average Bonchev–Trinajstić information content (AvgIpc) is 3.32. The molecule has 11 heteroatoms. The smallest absolute Gasteiger partial charge is 0.329 e. The highest BCUT2D eigenvalue weighted by molar-refractivity contribution is 6.35. The number of carbonyl (C=O) groups excluding carboxylic acids is 3. The van der Waals surface area contributed by atoms with Crippen LogP contribution in [0.5, 0.6) is 5.75 Å². The summed E-state index contributed by atoms with van der Waals surface area (Å²) >= 11 is 12.2. The maximum atomic E-state index is 12.1. The fourth-order valence-electron chi connectivity index (χ4n) is 2.91. The number of amides is 3. The Hall–Kier alpha value is -3.14. The van der Waals surface area contributed by atoms with Crippen molar-refractivity contribution in [2.45, 2.75) is 18.9 Å². The van der Waals surface area contributed by atoms with Gasteiger partial charge in [0.05, 0.1) is 28.1 Å². The minimum Gasteiger partial charge on any atom is -0.482 e. The van der Waals surface area contributed by atoms with Crippen molar-refractivity contribution < 1.29 is 23.9 Å². The van der Waals surface area contributed by atoms with Gasteiger partial charge in [-0.05, 0) is 48.7 Å². The minimum absolute atomic E-state index is 0.0599. The van der Waals surface area contributed by atoms with Gasteiger partial charge in [-0.25, -0.2) is 5.43 Å².